The van der Waals surface area contributed by atoms with E-state index in [2.05, 4.69) is 10.3 Å². The number of aldehydes is 1. The Kier molecular flexibility index (Phi) is 8.09. The van der Waals surface area contributed by atoms with Crippen LogP contribution in [0, 0.1) is 11.7 Å². The van der Waals surface area contributed by atoms with E-state index in [1.807, 2.05) is 6.92 Å². The van der Waals surface area contributed by atoms with Crippen molar-refractivity contribution in [3.63, 3.8) is 0 Å². The minimum Gasteiger partial charge on any atom is -0.503 e. The van der Waals surface area contributed by atoms with Crippen molar-refractivity contribution >= 4 is 12.2 Å². The van der Waals surface area contributed by atoms with Gasteiger partial charge in [0.15, 0.2) is 17.2 Å². The third-order valence-corrected chi connectivity index (χ3v) is 6.35. The summed E-state index contributed by atoms with van der Waals surface area (Å²) in [4.78, 5) is 28.6. The highest BCUT2D eigenvalue weighted by molar-refractivity contribution is 5.97. The number of rotatable bonds is 11. The molecule has 1 fully saturated rings. The van der Waals surface area contributed by atoms with E-state index < -0.39 is 17.2 Å². The second-order valence-electron chi connectivity index (χ2n) is 8.82. The number of benzene rings is 1. The summed E-state index contributed by atoms with van der Waals surface area (Å²) < 4.78 is 30.3. The quantitative estimate of drug-likeness (QED) is 0.479. The molecule has 1 saturated carbocycles. The Bertz CT molecular complexity index is 1030. The topological polar surface area (TPSA) is 107 Å². The van der Waals surface area contributed by atoms with Gasteiger partial charge in [0.1, 0.15) is 23.4 Å². The molecular formula is C25H31FN2O6. The van der Waals surface area contributed by atoms with E-state index in [9.17, 15) is 19.1 Å². The fraction of sp³-hybridized carbons (Fsp3) is 0.480. The van der Waals surface area contributed by atoms with Gasteiger partial charge < -0.3 is 29.4 Å². The van der Waals surface area contributed by atoms with Crippen LogP contribution in [0.4, 0.5) is 4.39 Å². The standard InChI is InChI=1S/C25H31FN2O6/c1-15(21(16-6-5-7-16)18-9-8-17(26)12-20(18)33-4)34-14-25(2,13-29)28-24(31)22-23(30)19(32-3)10-11-27-22/h8-13,15-16,21,30H,5-7,14H2,1-4H3,(H,28,31)/t15-,21-,25+/m0/s1. The number of pyridine rings is 1. The molecule has 0 unspecified atom stereocenters. The van der Waals surface area contributed by atoms with Crippen LogP contribution in [0.2, 0.25) is 0 Å². The van der Waals surface area contributed by atoms with Crippen molar-refractivity contribution < 1.29 is 33.3 Å². The number of nitrogens with one attached hydrogen (secondary N) is 1. The molecule has 2 aromatic rings. The van der Waals surface area contributed by atoms with Crippen LogP contribution in [0.5, 0.6) is 17.2 Å². The summed E-state index contributed by atoms with van der Waals surface area (Å²) in [6.07, 6.45) is 4.71. The Balaban J connectivity index is 1.75. The van der Waals surface area contributed by atoms with Gasteiger partial charge in [-0.3, -0.25) is 4.79 Å². The summed E-state index contributed by atoms with van der Waals surface area (Å²) in [7, 11) is 2.86. The third-order valence-electron chi connectivity index (χ3n) is 6.35. The van der Waals surface area contributed by atoms with Crippen molar-refractivity contribution in [3.05, 3.63) is 47.5 Å². The number of aromatic hydroxyl groups is 1. The smallest absolute Gasteiger partial charge is 0.274 e. The van der Waals surface area contributed by atoms with Gasteiger partial charge in [-0.05, 0) is 38.7 Å². The average Bonchev–Trinajstić information content (AvgIpc) is 2.80. The molecule has 184 valence electrons. The highest BCUT2D eigenvalue weighted by Crippen LogP contribution is 2.45. The molecule has 0 spiro atoms. The molecule has 0 saturated heterocycles. The van der Waals surface area contributed by atoms with Crippen molar-refractivity contribution in [2.75, 3.05) is 20.8 Å². The van der Waals surface area contributed by atoms with Crippen LogP contribution in [0.15, 0.2) is 30.5 Å². The van der Waals surface area contributed by atoms with E-state index in [0.29, 0.717) is 18.0 Å². The van der Waals surface area contributed by atoms with E-state index in [4.69, 9.17) is 14.2 Å². The fourth-order valence-corrected chi connectivity index (χ4v) is 4.24. The average molecular weight is 475 g/mol. The highest BCUT2D eigenvalue weighted by Gasteiger charge is 2.37. The highest BCUT2D eigenvalue weighted by atomic mass is 19.1. The number of aromatic nitrogens is 1. The number of ether oxygens (including phenoxy) is 3. The molecule has 3 rings (SSSR count). The summed E-state index contributed by atoms with van der Waals surface area (Å²) in [6, 6.07) is 5.89. The number of halogens is 1. The van der Waals surface area contributed by atoms with E-state index >= 15 is 0 Å². The number of methoxy groups -OCH3 is 2. The lowest BCUT2D eigenvalue weighted by Gasteiger charge is -2.39. The van der Waals surface area contributed by atoms with Gasteiger partial charge in [0, 0.05) is 29.8 Å². The minimum absolute atomic E-state index is 0.0694. The maximum absolute atomic E-state index is 13.8. The zero-order valence-electron chi connectivity index (χ0n) is 19.8. The van der Waals surface area contributed by atoms with Gasteiger partial charge in [0.2, 0.25) is 0 Å². The summed E-state index contributed by atoms with van der Waals surface area (Å²) in [5.74, 6) is -0.721. The molecule has 9 heteroatoms. The fourth-order valence-electron chi connectivity index (χ4n) is 4.24. The summed E-state index contributed by atoms with van der Waals surface area (Å²) in [5, 5.41) is 12.8. The molecule has 0 radical (unpaired) electrons. The predicted molar refractivity (Wildman–Crippen MR) is 123 cm³/mol. The SMILES string of the molecule is COc1cc(F)ccc1[C@H](C1CCC1)[C@H](C)OC[C@@](C)(C=O)NC(=O)c1nccc(OC)c1O. The second-order valence-corrected chi connectivity index (χ2v) is 8.82. The van der Waals surface area contributed by atoms with Gasteiger partial charge in [0.25, 0.3) is 5.91 Å². The zero-order valence-corrected chi connectivity index (χ0v) is 19.8. The molecule has 2 N–H and O–H groups in total. The first-order valence-corrected chi connectivity index (χ1v) is 11.2. The molecule has 0 aliphatic heterocycles. The number of hydrogen-bond donors (Lipinski definition) is 2. The number of nitrogens with zero attached hydrogens (tertiary/aromatic N) is 1. The number of carbonyl (C=O) groups excluding carboxylic acids is 2. The first-order valence-electron chi connectivity index (χ1n) is 11.2. The van der Waals surface area contributed by atoms with Crippen LogP contribution < -0.4 is 14.8 Å². The lowest BCUT2D eigenvalue weighted by molar-refractivity contribution is -0.116. The van der Waals surface area contributed by atoms with Crippen molar-refractivity contribution in [2.45, 2.75) is 50.7 Å². The third kappa shape index (κ3) is 5.47. The maximum atomic E-state index is 13.8. The molecule has 34 heavy (non-hydrogen) atoms. The first kappa shape index (κ1) is 25.4. The van der Waals surface area contributed by atoms with Crippen molar-refractivity contribution in [2.24, 2.45) is 5.92 Å². The summed E-state index contributed by atoms with van der Waals surface area (Å²) in [6.45, 7) is 3.31. The van der Waals surface area contributed by atoms with Crippen molar-refractivity contribution in [3.8, 4) is 17.2 Å². The lowest BCUT2D eigenvalue weighted by Crippen LogP contribution is -2.52. The van der Waals surface area contributed by atoms with Crippen LogP contribution in [-0.4, -0.2) is 54.8 Å². The van der Waals surface area contributed by atoms with Gasteiger partial charge in [-0.15, -0.1) is 0 Å². The second kappa shape index (κ2) is 10.8. The Morgan fingerprint density at radius 2 is 2.00 bits per heavy atom. The van der Waals surface area contributed by atoms with E-state index in [1.54, 1.807) is 6.07 Å². The van der Waals surface area contributed by atoms with E-state index in [1.165, 1.54) is 45.5 Å². The summed E-state index contributed by atoms with van der Waals surface area (Å²) in [5.41, 5.74) is -0.785. The molecule has 8 nitrogen and oxygen atoms in total. The normalized spacial score (nSPS) is 17.1. The van der Waals surface area contributed by atoms with Crippen LogP contribution in [0.3, 0.4) is 0 Å². The molecule has 1 aliphatic rings. The first-order chi connectivity index (χ1) is 16.2. The number of amides is 1. The largest absolute Gasteiger partial charge is 0.503 e. The van der Waals surface area contributed by atoms with Crippen molar-refractivity contribution in [1.29, 1.82) is 0 Å². The predicted octanol–water partition coefficient (Wildman–Crippen LogP) is 3.62. The van der Waals surface area contributed by atoms with Crippen LogP contribution in [0.25, 0.3) is 0 Å². The Morgan fingerprint density at radius 1 is 1.29 bits per heavy atom. The van der Waals surface area contributed by atoms with Gasteiger partial charge in [-0.1, -0.05) is 12.5 Å². The number of hydrogen-bond acceptors (Lipinski definition) is 7. The molecule has 3 atom stereocenters. The minimum atomic E-state index is -1.38. The van der Waals surface area contributed by atoms with Gasteiger partial charge in [-0.25, -0.2) is 9.37 Å². The molecule has 0 bridgehead atoms. The Hall–Kier alpha value is -3.20. The Labute approximate surface area is 198 Å². The molecular weight excluding hydrogens is 443 g/mol. The van der Waals surface area contributed by atoms with Gasteiger partial charge >= 0.3 is 0 Å². The summed E-state index contributed by atoms with van der Waals surface area (Å²) >= 11 is 0. The molecule has 1 aliphatic carbocycles. The number of carbonyl (C=O) groups is 2. The Morgan fingerprint density at radius 3 is 2.59 bits per heavy atom. The van der Waals surface area contributed by atoms with E-state index in [0.717, 1.165) is 24.8 Å². The molecule has 1 aromatic carbocycles. The maximum Gasteiger partial charge on any atom is 0.274 e. The van der Waals surface area contributed by atoms with E-state index in [-0.39, 0.29) is 35.9 Å². The molecule has 1 aromatic heterocycles. The zero-order chi connectivity index (χ0) is 24.9. The van der Waals surface area contributed by atoms with Gasteiger partial charge in [0.05, 0.1) is 26.9 Å². The monoisotopic (exact) mass is 474 g/mol. The lowest BCUT2D eigenvalue weighted by atomic mass is 9.70. The van der Waals surface area contributed by atoms with Crippen LogP contribution >= 0.6 is 0 Å². The van der Waals surface area contributed by atoms with Crippen LogP contribution in [0.1, 0.15) is 55.1 Å². The molecule has 1 amide bonds. The van der Waals surface area contributed by atoms with Gasteiger partial charge in [-0.2, -0.15) is 0 Å². The van der Waals surface area contributed by atoms with Crippen LogP contribution in [-0.2, 0) is 9.53 Å². The van der Waals surface area contributed by atoms with Crippen molar-refractivity contribution in [1.82, 2.24) is 10.3 Å². The molecule has 1 heterocycles.